The van der Waals surface area contributed by atoms with Crippen LogP contribution < -0.4 is 0 Å². The molecular formula is C10H7F3O. The van der Waals surface area contributed by atoms with Gasteiger partial charge in [-0.3, -0.25) is 0 Å². The Morgan fingerprint density at radius 1 is 1.21 bits per heavy atom. The number of halogens is 3. The molecule has 74 valence electrons. The molecule has 2 rings (SSSR count). The smallest absolute Gasteiger partial charge is 0.416 e. The van der Waals surface area contributed by atoms with Gasteiger partial charge in [-0.2, -0.15) is 13.2 Å². The lowest BCUT2D eigenvalue weighted by atomic mass is 10.0. The molecule has 1 aromatic carbocycles. The first kappa shape index (κ1) is 9.12. The largest absolute Gasteiger partial charge is 0.496 e. The second kappa shape index (κ2) is 3.04. The van der Waals surface area contributed by atoms with Gasteiger partial charge in [0.25, 0.3) is 0 Å². The number of ether oxygens (including phenoxy) is 1. The highest BCUT2D eigenvalue weighted by Gasteiger charge is 2.30. The first-order chi connectivity index (χ1) is 6.57. The van der Waals surface area contributed by atoms with Crippen molar-refractivity contribution >= 4 is 6.08 Å². The van der Waals surface area contributed by atoms with Crippen molar-refractivity contribution in [3.8, 4) is 0 Å². The van der Waals surface area contributed by atoms with Crippen molar-refractivity contribution in [2.75, 3.05) is 0 Å². The van der Waals surface area contributed by atoms with Crippen molar-refractivity contribution in [3.05, 3.63) is 41.2 Å². The molecule has 0 radical (unpaired) electrons. The average Bonchev–Trinajstić information content (AvgIpc) is 2.16. The SMILES string of the molecule is FC(F)(F)c1ccc2c(c1)C=COC2. The molecule has 0 aliphatic carbocycles. The Morgan fingerprint density at radius 3 is 2.71 bits per heavy atom. The fourth-order valence-corrected chi connectivity index (χ4v) is 1.32. The van der Waals surface area contributed by atoms with Gasteiger partial charge in [-0.25, -0.2) is 0 Å². The number of rotatable bonds is 0. The highest BCUT2D eigenvalue weighted by Crippen LogP contribution is 2.31. The molecule has 14 heavy (non-hydrogen) atoms. The van der Waals surface area contributed by atoms with Crippen molar-refractivity contribution in [3.63, 3.8) is 0 Å². The van der Waals surface area contributed by atoms with Gasteiger partial charge in [0.05, 0.1) is 11.8 Å². The molecule has 1 aromatic rings. The predicted octanol–water partition coefficient (Wildman–Crippen LogP) is 3.21. The van der Waals surface area contributed by atoms with Crippen LogP contribution in [0, 0.1) is 0 Å². The molecule has 0 spiro atoms. The maximum absolute atomic E-state index is 12.3. The van der Waals surface area contributed by atoms with Crippen LogP contribution in [0.3, 0.4) is 0 Å². The molecule has 0 bridgehead atoms. The Labute approximate surface area is 78.8 Å². The number of benzene rings is 1. The third-order valence-corrected chi connectivity index (χ3v) is 2.06. The van der Waals surface area contributed by atoms with Crippen LogP contribution in [-0.2, 0) is 17.5 Å². The molecule has 1 aliphatic rings. The van der Waals surface area contributed by atoms with E-state index in [1.54, 1.807) is 0 Å². The molecule has 1 nitrogen and oxygen atoms in total. The second-order valence-corrected chi connectivity index (χ2v) is 3.03. The van der Waals surface area contributed by atoms with E-state index in [0.717, 1.165) is 17.7 Å². The molecule has 0 atom stereocenters. The minimum absolute atomic E-state index is 0.337. The van der Waals surface area contributed by atoms with E-state index < -0.39 is 11.7 Å². The van der Waals surface area contributed by atoms with Crippen LogP contribution in [0.25, 0.3) is 6.08 Å². The van der Waals surface area contributed by atoms with E-state index in [1.807, 2.05) is 0 Å². The predicted molar refractivity (Wildman–Crippen MR) is 45.3 cm³/mol. The van der Waals surface area contributed by atoms with Gasteiger partial charge < -0.3 is 4.74 Å². The summed E-state index contributed by atoms with van der Waals surface area (Å²) in [6.45, 7) is 0.337. The van der Waals surface area contributed by atoms with E-state index in [1.165, 1.54) is 18.4 Å². The van der Waals surface area contributed by atoms with Crippen LogP contribution in [0.15, 0.2) is 24.5 Å². The zero-order valence-electron chi connectivity index (χ0n) is 7.14. The van der Waals surface area contributed by atoms with Crippen LogP contribution in [0.4, 0.5) is 13.2 Å². The van der Waals surface area contributed by atoms with Crippen LogP contribution >= 0.6 is 0 Å². The number of fused-ring (bicyclic) bond motifs is 1. The third kappa shape index (κ3) is 1.60. The van der Waals surface area contributed by atoms with Gasteiger partial charge in [0, 0.05) is 0 Å². The summed E-state index contributed by atoms with van der Waals surface area (Å²) in [5.74, 6) is 0. The summed E-state index contributed by atoms with van der Waals surface area (Å²) < 4.78 is 41.9. The van der Waals surface area contributed by atoms with Crippen molar-refractivity contribution in [2.24, 2.45) is 0 Å². The molecule has 4 heteroatoms. The molecule has 0 aromatic heterocycles. The Kier molecular flexibility index (Phi) is 1.98. The number of hydrogen-bond acceptors (Lipinski definition) is 1. The highest BCUT2D eigenvalue weighted by molar-refractivity contribution is 5.55. The van der Waals surface area contributed by atoms with E-state index in [9.17, 15) is 13.2 Å². The molecule has 0 saturated heterocycles. The highest BCUT2D eigenvalue weighted by atomic mass is 19.4. The lowest BCUT2D eigenvalue weighted by Gasteiger charge is -2.14. The van der Waals surface area contributed by atoms with Gasteiger partial charge in [-0.15, -0.1) is 0 Å². The number of alkyl halides is 3. The van der Waals surface area contributed by atoms with Gasteiger partial charge in [-0.05, 0) is 29.3 Å². The molecule has 1 aliphatic heterocycles. The maximum Gasteiger partial charge on any atom is 0.416 e. The van der Waals surface area contributed by atoms with Crippen LogP contribution in [0.5, 0.6) is 0 Å². The first-order valence-electron chi connectivity index (χ1n) is 4.05. The quantitative estimate of drug-likeness (QED) is 0.624. The summed E-state index contributed by atoms with van der Waals surface area (Å²) in [7, 11) is 0. The van der Waals surface area contributed by atoms with E-state index in [0.29, 0.717) is 12.2 Å². The lowest BCUT2D eigenvalue weighted by molar-refractivity contribution is -0.137. The topological polar surface area (TPSA) is 9.23 Å². The molecule has 0 fully saturated rings. The average molecular weight is 200 g/mol. The lowest BCUT2D eigenvalue weighted by Crippen LogP contribution is -2.07. The Bertz CT molecular complexity index is 379. The number of hydrogen-bond donors (Lipinski definition) is 0. The summed E-state index contributed by atoms with van der Waals surface area (Å²) >= 11 is 0. The normalized spacial score (nSPS) is 14.8. The molecule has 1 heterocycles. The van der Waals surface area contributed by atoms with Gasteiger partial charge in [0.15, 0.2) is 0 Å². The van der Waals surface area contributed by atoms with Gasteiger partial charge in [0.1, 0.15) is 6.61 Å². The summed E-state index contributed by atoms with van der Waals surface area (Å²) in [4.78, 5) is 0. The Morgan fingerprint density at radius 2 is 2.00 bits per heavy atom. The molecule has 0 saturated carbocycles. The maximum atomic E-state index is 12.3. The standard InChI is InChI=1S/C10H7F3O/c11-10(12,13)9-2-1-8-6-14-4-3-7(8)5-9/h1-5H,6H2. The van der Waals surface area contributed by atoms with Gasteiger partial charge in [0.2, 0.25) is 0 Å². The van der Waals surface area contributed by atoms with Gasteiger partial charge in [-0.1, -0.05) is 6.07 Å². The fraction of sp³-hybridized carbons (Fsp3) is 0.200. The van der Waals surface area contributed by atoms with E-state index in [4.69, 9.17) is 4.74 Å². The van der Waals surface area contributed by atoms with Crippen molar-refractivity contribution < 1.29 is 17.9 Å². The fourth-order valence-electron chi connectivity index (χ4n) is 1.32. The van der Waals surface area contributed by atoms with E-state index >= 15 is 0 Å². The second-order valence-electron chi connectivity index (χ2n) is 3.03. The summed E-state index contributed by atoms with van der Waals surface area (Å²) in [5.41, 5.74) is 0.731. The summed E-state index contributed by atoms with van der Waals surface area (Å²) in [5, 5.41) is 0. The molecule has 0 amide bonds. The van der Waals surface area contributed by atoms with Gasteiger partial charge >= 0.3 is 6.18 Å². The van der Waals surface area contributed by atoms with E-state index in [-0.39, 0.29) is 0 Å². The van der Waals surface area contributed by atoms with Crippen molar-refractivity contribution in [1.82, 2.24) is 0 Å². The Balaban J connectivity index is 2.45. The monoisotopic (exact) mass is 200 g/mol. The molecule has 0 N–H and O–H groups in total. The Hall–Kier alpha value is -1.45. The minimum Gasteiger partial charge on any atom is -0.496 e. The van der Waals surface area contributed by atoms with Crippen LogP contribution in [-0.4, -0.2) is 0 Å². The molecular weight excluding hydrogens is 193 g/mol. The molecule has 0 unspecified atom stereocenters. The van der Waals surface area contributed by atoms with E-state index in [2.05, 4.69) is 0 Å². The zero-order chi connectivity index (χ0) is 10.2. The van der Waals surface area contributed by atoms with Crippen molar-refractivity contribution in [1.29, 1.82) is 0 Å². The summed E-state index contributed by atoms with van der Waals surface area (Å²) in [6.07, 6.45) is -1.34. The summed E-state index contributed by atoms with van der Waals surface area (Å²) in [6, 6.07) is 3.65. The van der Waals surface area contributed by atoms with Crippen LogP contribution in [0.2, 0.25) is 0 Å². The van der Waals surface area contributed by atoms with Crippen molar-refractivity contribution in [2.45, 2.75) is 12.8 Å². The van der Waals surface area contributed by atoms with Crippen LogP contribution in [0.1, 0.15) is 16.7 Å². The first-order valence-corrected chi connectivity index (χ1v) is 4.05. The zero-order valence-corrected chi connectivity index (χ0v) is 7.14. The minimum atomic E-state index is -4.28. The third-order valence-electron chi connectivity index (χ3n) is 2.06.